The summed E-state index contributed by atoms with van der Waals surface area (Å²) in [6, 6.07) is 10.3. The molecule has 1 heterocycles. The summed E-state index contributed by atoms with van der Waals surface area (Å²) < 4.78 is 9.16. The molecule has 25 heavy (non-hydrogen) atoms. The molecule has 1 aromatic rings. The van der Waals surface area contributed by atoms with Gasteiger partial charge in [0.25, 0.3) is 5.60 Å². The fourth-order valence-corrected chi connectivity index (χ4v) is 3.41. The van der Waals surface area contributed by atoms with Crippen LogP contribution in [0, 0.1) is 5.92 Å². The average Bonchev–Trinajstić information content (AvgIpc) is 2.65. The van der Waals surface area contributed by atoms with Crippen LogP contribution in [0.2, 0.25) is 0 Å². The van der Waals surface area contributed by atoms with Crippen LogP contribution in [0.1, 0.15) is 31.2 Å². The van der Waals surface area contributed by atoms with Gasteiger partial charge in [0.1, 0.15) is 0 Å². The highest BCUT2D eigenvalue weighted by atomic mass is 16.6. The van der Waals surface area contributed by atoms with Gasteiger partial charge in [-0.1, -0.05) is 30.3 Å². The van der Waals surface area contributed by atoms with Crippen molar-refractivity contribution in [1.82, 2.24) is 4.90 Å². The molecule has 1 unspecified atom stereocenters. The zero-order valence-corrected chi connectivity index (χ0v) is 14.9. The SMILES string of the molecule is COC(=O)C(O)(CCC1CCCN(Cc2ccccc2)C1)C(=O)OC. The minimum atomic E-state index is -2.22. The van der Waals surface area contributed by atoms with Crippen LogP contribution in [0.3, 0.4) is 0 Å². The summed E-state index contributed by atoms with van der Waals surface area (Å²) in [6.45, 7) is 2.80. The highest BCUT2D eigenvalue weighted by molar-refractivity contribution is 6.03. The first kappa shape index (κ1) is 19.4. The quantitative estimate of drug-likeness (QED) is 0.597. The van der Waals surface area contributed by atoms with E-state index in [-0.39, 0.29) is 6.42 Å². The monoisotopic (exact) mass is 349 g/mol. The molecule has 6 nitrogen and oxygen atoms in total. The van der Waals surface area contributed by atoms with Gasteiger partial charge < -0.3 is 14.6 Å². The standard InChI is InChI=1S/C19H27NO5/c1-24-17(21)19(23,18(22)25-2)11-10-16-9-6-12-20(14-16)13-15-7-4-3-5-8-15/h3-5,7-8,16,23H,6,9-14H2,1-2H3. The smallest absolute Gasteiger partial charge is 0.349 e. The fraction of sp³-hybridized carbons (Fsp3) is 0.579. The Labute approximate surface area is 148 Å². The van der Waals surface area contributed by atoms with Crippen molar-refractivity contribution in [1.29, 1.82) is 0 Å². The lowest BCUT2D eigenvalue weighted by atomic mass is 9.87. The third-order valence-electron chi connectivity index (χ3n) is 4.81. The number of rotatable bonds is 7. The second kappa shape index (κ2) is 8.97. The number of methoxy groups -OCH3 is 2. The van der Waals surface area contributed by atoms with Gasteiger partial charge in [-0.05, 0) is 43.7 Å². The molecule has 1 aliphatic rings. The zero-order chi connectivity index (χ0) is 18.3. The van der Waals surface area contributed by atoms with Crippen LogP contribution in [-0.4, -0.2) is 54.9 Å². The molecule has 1 aliphatic heterocycles. The highest BCUT2D eigenvalue weighted by Crippen LogP contribution is 2.27. The summed E-state index contributed by atoms with van der Waals surface area (Å²) in [5, 5.41) is 10.4. The van der Waals surface area contributed by atoms with E-state index in [1.165, 1.54) is 5.56 Å². The number of hydrogen-bond acceptors (Lipinski definition) is 6. The number of benzene rings is 1. The van der Waals surface area contributed by atoms with Gasteiger partial charge in [0.2, 0.25) is 0 Å². The number of ether oxygens (including phenoxy) is 2. The lowest BCUT2D eigenvalue weighted by Crippen LogP contribution is -2.49. The molecule has 0 aromatic heterocycles. The zero-order valence-electron chi connectivity index (χ0n) is 14.9. The van der Waals surface area contributed by atoms with Crippen LogP contribution in [0.5, 0.6) is 0 Å². The molecule has 1 atom stereocenters. The van der Waals surface area contributed by atoms with Crippen LogP contribution in [0.4, 0.5) is 0 Å². The van der Waals surface area contributed by atoms with E-state index in [1.54, 1.807) is 0 Å². The van der Waals surface area contributed by atoms with Crippen molar-refractivity contribution in [2.45, 2.75) is 37.8 Å². The number of piperidine rings is 1. The van der Waals surface area contributed by atoms with Crippen molar-refractivity contribution in [3.05, 3.63) is 35.9 Å². The van der Waals surface area contributed by atoms with Crippen molar-refractivity contribution in [2.24, 2.45) is 5.92 Å². The number of aliphatic hydroxyl groups is 1. The van der Waals surface area contributed by atoms with E-state index in [1.807, 2.05) is 18.2 Å². The Morgan fingerprint density at radius 2 is 1.84 bits per heavy atom. The van der Waals surface area contributed by atoms with Gasteiger partial charge in [-0.3, -0.25) is 4.90 Å². The number of carbonyl (C=O) groups excluding carboxylic acids is 2. The molecule has 138 valence electrons. The molecule has 1 aromatic carbocycles. The maximum atomic E-state index is 11.8. The summed E-state index contributed by atoms with van der Waals surface area (Å²) in [5.74, 6) is -1.61. The predicted octanol–water partition coefficient (Wildman–Crippen LogP) is 1.76. The number of esters is 2. The minimum Gasteiger partial charge on any atom is -0.466 e. The van der Waals surface area contributed by atoms with Crippen LogP contribution in [-0.2, 0) is 25.6 Å². The van der Waals surface area contributed by atoms with Crippen LogP contribution >= 0.6 is 0 Å². The number of hydrogen-bond donors (Lipinski definition) is 1. The topological polar surface area (TPSA) is 76.1 Å². The van der Waals surface area contributed by atoms with Crippen LogP contribution in [0.15, 0.2) is 30.3 Å². The van der Waals surface area contributed by atoms with Gasteiger partial charge in [-0.2, -0.15) is 0 Å². The van der Waals surface area contributed by atoms with E-state index in [9.17, 15) is 14.7 Å². The van der Waals surface area contributed by atoms with E-state index in [0.29, 0.717) is 12.3 Å². The summed E-state index contributed by atoms with van der Waals surface area (Å²) in [6.07, 6.45) is 2.65. The molecule has 0 bridgehead atoms. The number of likely N-dealkylation sites (tertiary alicyclic amines) is 1. The first-order valence-electron chi connectivity index (χ1n) is 8.65. The Kier molecular flexibility index (Phi) is 6.96. The first-order chi connectivity index (χ1) is 12.0. The minimum absolute atomic E-state index is 0.0101. The molecule has 0 amide bonds. The Bertz CT molecular complexity index is 558. The summed E-state index contributed by atoms with van der Waals surface area (Å²) in [7, 11) is 2.30. The van der Waals surface area contributed by atoms with Gasteiger partial charge in [0.15, 0.2) is 0 Å². The second-order valence-corrected chi connectivity index (χ2v) is 6.61. The lowest BCUT2D eigenvalue weighted by molar-refractivity contribution is -0.181. The van der Waals surface area contributed by atoms with E-state index in [2.05, 4.69) is 26.5 Å². The van der Waals surface area contributed by atoms with E-state index >= 15 is 0 Å². The molecule has 6 heteroatoms. The Hall–Kier alpha value is -1.92. The van der Waals surface area contributed by atoms with E-state index in [4.69, 9.17) is 0 Å². The number of carbonyl (C=O) groups is 2. The largest absolute Gasteiger partial charge is 0.466 e. The third-order valence-corrected chi connectivity index (χ3v) is 4.81. The normalized spacial score (nSPS) is 18.6. The van der Waals surface area contributed by atoms with Gasteiger partial charge in [-0.15, -0.1) is 0 Å². The van der Waals surface area contributed by atoms with Crippen molar-refractivity contribution in [3.8, 4) is 0 Å². The van der Waals surface area contributed by atoms with Crippen LogP contribution in [0.25, 0.3) is 0 Å². The molecule has 2 rings (SSSR count). The van der Waals surface area contributed by atoms with E-state index in [0.717, 1.165) is 46.7 Å². The molecule has 0 aliphatic carbocycles. The Balaban J connectivity index is 1.92. The second-order valence-electron chi connectivity index (χ2n) is 6.61. The maximum Gasteiger partial charge on any atom is 0.349 e. The van der Waals surface area contributed by atoms with Crippen molar-refractivity contribution >= 4 is 11.9 Å². The molecular formula is C19H27NO5. The Morgan fingerprint density at radius 1 is 1.20 bits per heavy atom. The van der Waals surface area contributed by atoms with Crippen molar-refractivity contribution < 1.29 is 24.2 Å². The fourth-order valence-electron chi connectivity index (χ4n) is 3.41. The molecular weight excluding hydrogens is 322 g/mol. The molecule has 0 saturated carbocycles. The number of nitrogens with zero attached hydrogens (tertiary/aromatic N) is 1. The molecule has 1 fully saturated rings. The average molecular weight is 349 g/mol. The predicted molar refractivity (Wildman–Crippen MR) is 92.7 cm³/mol. The van der Waals surface area contributed by atoms with Crippen molar-refractivity contribution in [3.63, 3.8) is 0 Å². The van der Waals surface area contributed by atoms with Gasteiger partial charge in [0, 0.05) is 13.1 Å². The Morgan fingerprint density at radius 3 is 2.44 bits per heavy atom. The lowest BCUT2D eigenvalue weighted by Gasteiger charge is -2.34. The first-order valence-corrected chi connectivity index (χ1v) is 8.65. The third kappa shape index (κ3) is 5.03. The molecule has 0 radical (unpaired) electrons. The van der Waals surface area contributed by atoms with Gasteiger partial charge in [-0.25, -0.2) is 9.59 Å². The summed E-state index contributed by atoms with van der Waals surface area (Å²) in [4.78, 5) is 26.0. The van der Waals surface area contributed by atoms with E-state index < -0.39 is 17.5 Å². The highest BCUT2D eigenvalue weighted by Gasteiger charge is 2.46. The molecule has 1 saturated heterocycles. The summed E-state index contributed by atoms with van der Waals surface area (Å²) in [5.41, 5.74) is -0.950. The van der Waals surface area contributed by atoms with Gasteiger partial charge in [0.05, 0.1) is 14.2 Å². The van der Waals surface area contributed by atoms with Crippen molar-refractivity contribution in [2.75, 3.05) is 27.3 Å². The van der Waals surface area contributed by atoms with Crippen LogP contribution < -0.4 is 0 Å². The maximum absolute atomic E-state index is 11.8. The molecule has 0 spiro atoms. The molecule has 1 N–H and O–H groups in total. The van der Waals surface area contributed by atoms with Gasteiger partial charge >= 0.3 is 11.9 Å². The summed E-state index contributed by atoms with van der Waals surface area (Å²) >= 11 is 0.